The predicted octanol–water partition coefficient (Wildman–Crippen LogP) is 2.92. The van der Waals surface area contributed by atoms with Crippen LogP contribution in [0.15, 0.2) is 29.8 Å². The molecule has 0 aromatic heterocycles. The molecule has 0 saturated heterocycles. The van der Waals surface area contributed by atoms with Crippen molar-refractivity contribution >= 4 is 17.3 Å². The van der Waals surface area contributed by atoms with Crippen LogP contribution in [0.2, 0.25) is 0 Å². The van der Waals surface area contributed by atoms with Gasteiger partial charge in [-0.1, -0.05) is 6.92 Å². The summed E-state index contributed by atoms with van der Waals surface area (Å²) in [6.07, 6.45) is 0.615. The highest BCUT2D eigenvalue weighted by atomic mass is 16.5. The van der Waals surface area contributed by atoms with E-state index in [0.717, 1.165) is 0 Å². The van der Waals surface area contributed by atoms with E-state index in [1.165, 1.54) is 0 Å². The zero-order valence-electron chi connectivity index (χ0n) is 11.7. The second-order valence-electron chi connectivity index (χ2n) is 5.04. The molecule has 2 rings (SSSR count). The van der Waals surface area contributed by atoms with Gasteiger partial charge in [0.15, 0.2) is 11.6 Å². The van der Waals surface area contributed by atoms with Gasteiger partial charge < -0.3 is 9.84 Å². The van der Waals surface area contributed by atoms with E-state index in [4.69, 9.17) is 4.74 Å². The van der Waals surface area contributed by atoms with Gasteiger partial charge in [0.25, 0.3) is 0 Å². The van der Waals surface area contributed by atoms with Gasteiger partial charge in [-0.05, 0) is 37.1 Å². The maximum Gasteiger partial charge on any atom is 0.170 e. The van der Waals surface area contributed by atoms with E-state index in [-0.39, 0.29) is 28.8 Å². The van der Waals surface area contributed by atoms with E-state index in [2.05, 4.69) is 0 Å². The fraction of sp³-hybridized carbons (Fsp3) is 0.375. The average molecular weight is 274 g/mol. The SMILES string of the molecule is CCOc1ccc(C(O)=C2C(=O)CC(C)CC2=O)cc1. The average Bonchev–Trinajstić information content (AvgIpc) is 2.38. The van der Waals surface area contributed by atoms with Crippen LogP contribution in [-0.2, 0) is 9.59 Å². The number of benzene rings is 1. The monoisotopic (exact) mass is 274 g/mol. The molecule has 0 unspecified atom stereocenters. The van der Waals surface area contributed by atoms with Gasteiger partial charge >= 0.3 is 0 Å². The molecule has 0 radical (unpaired) electrons. The Kier molecular flexibility index (Phi) is 4.23. The minimum atomic E-state index is -0.278. The molecule has 0 atom stereocenters. The van der Waals surface area contributed by atoms with Gasteiger partial charge in [-0.3, -0.25) is 9.59 Å². The fourth-order valence-electron chi connectivity index (χ4n) is 2.35. The molecule has 0 heterocycles. The molecule has 1 aromatic rings. The Balaban J connectivity index is 2.33. The van der Waals surface area contributed by atoms with Crippen LogP contribution in [0.25, 0.3) is 5.76 Å². The Morgan fingerprint density at radius 2 is 1.75 bits per heavy atom. The number of rotatable bonds is 3. The smallest absolute Gasteiger partial charge is 0.170 e. The quantitative estimate of drug-likeness (QED) is 0.523. The van der Waals surface area contributed by atoms with Gasteiger partial charge in [0.1, 0.15) is 17.1 Å². The minimum absolute atomic E-state index is 0.0480. The molecule has 0 spiro atoms. The summed E-state index contributed by atoms with van der Waals surface area (Å²) < 4.78 is 5.31. The Labute approximate surface area is 118 Å². The fourth-order valence-corrected chi connectivity index (χ4v) is 2.35. The van der Waals surface area contributed by atoms with Gasteiger partial charge in [0.2, 0.25) is 0 Å². The van der Waals surface area contributed by atoms with Gasteiger partial charge in [0.05, 0.1) is 6.61 Å². The lowest BCUT2D eigenvalue weighted by molar-refractivity contribution is -0.125. The topological polar surface area (TPSA) is 63.6 Å². The molecule has 0 bridgehead atoms. The largest absolute Gasteiger partial charge is 0.506 e. The van der Waals surface area contributed by atoms with Crippen LogP contribution in [0.1, 0.15) is 32.3 Å². The Morgan fingerprint density at radius 3 is 2.25 bits per heavy atom. The molecule has 1 N–H and O–H groups in total. The van der Waals surface area contributed by atoms with Gasteiger partial charge in [-0.2, -0.15) is 0 Å². The number of allylic oxidation sites excluding steroid dienone is 1. The molecule has 0 aliphatic heterocycles. The second-order valence-corrected chi connectivity index (χ2v) is 5.04. The molecule has 20 heavy (non-hydrogen) atoms. The summed E-state index contributed by atoms with van der Waals surface area (Å²) in [5.74, 6) is -0.0499. The summed E-state index contributed by atoms with van der Waals surface area (Å²) in [5.41, 5.74) is 0.395. The third kappa shape index (κ3) is 2.90. The standard InChI is InChI=1S/C16H18O4/c1-3-20-12-6-4-11(5-7-12)16(19)15-13(17)8-10(2)9-14(15)18/h4-7,10,19H,3,8-9H2,1-2H3. The molecular weight excluding hydrogens is 256 g/mol. The maximum absolute atomic E-state index is 11.9. The van der Waals surface area contributed by atoms with E-state index < -0.39 is 0 Å². The first-order valence-corrected chi connectivity index (χ1v) is 6.75. The highest BCUT2D eigenvalue weighted by Crippen LogP contribution is 2.28. The summed E-state index contributed by atoms with van der Waals surface area (Å²) in [5, 5.41) is 10.2. The van der Waals surface area contributed by atoms with Gasteiger partial charge in [-0.25, -0.2) is 0 Å². The van der Waals surface area contributed by atoms with Crippen molar-refractivity contribution in [3.05, 3.63) is 35.4 Å². The molecule has 1 aliphatic rings. The lowest BCUT2D eigenvalue weighted by Gasteiger charge is -2.19. The summed E-state index contributed by atoms with van der Waals surface area (Å²) in [7, 11) is 0. The van der Waals surface area contributed by atoms with Crippen LogP contribution >= 0.6 is 0 Å². The highest BCUT2D eigenvalue weighted by Gasteiger charge is 2.31. The zero-order valence-corrected chi connectivity index (χ0v) is 11.7. The molecule has 1 aliphatic carbocycles. The molecule has 1 saturated carbocycles. The predicted molar refractivity (Wildman–Crippen MR) is 75.6 cm³/mol. The van der Waals surface area contributed by atoms with E-state index >= 15 is 0 Å². The molecule has 1 fully saturated rings. The lowest BCUT2D eigenvalue weighted by atomic mass is 9.83. The lowest BCUT2D eigenvalue weighted by Crippen LogP contribution is -2.25. The first kappa shape index (κ1) is 14.3. The molecule has 1 aromatic carbocycles. The van der Waals surface area contributed by atoms with Crippen molar-refractivity contribution in [2.75, 3.05) is 6.61 Å². The van der Waals surface area contributed by atoms with Crippen molar-refractivity contribution in [1.29, 1.82) is 0 Å². The van der Waals surface area contributed by atoms with Crippen molar-refractivity contribution in [1.82, 2.24) is 0 Å². The molecule has 4 nitrogen and oxygen atoms in total. The summed E-state index contributed by atoms with van der Waals surface area (Å²) >= 11 is 0. The number of carbonyl (C=O) groups excluding carboxylic acids is 2. The summed E-state index contributed by atoms with van der Waals surface area (Å²) in [6.45, 7) is 4.30. The van der Waals surface area contributed by atoms with Gasteiger partial charge in [-0.15, -0.1) is 0 Å². The van der Waals surface area contributed by atoms with Crippen LogP contribution in [-0.4, -0.2) is 23.3 Å². The number of ketones is 2. The Morgan fingerprint density at radius 1 is 1.20 bits per heavy atom. The highest BCUT2D eigenvalue weighted by molar-refractivity contribution is 6.25. The minimum Gasteiger partial charge on any atom is -0.506 e. The third-order valence-electron chi connectivity index (χ3n) is 3.30. The van der Waals surface area contributed by atoms with E-state index in [0.29, 0.717) is 30.8 Å². The molecule has 0 amide bonds. The number of carbonyl (C=O) groups is 2. The maximum atomic E-state index is 11.9. The number of aliphatic hydroxyl groups excluding tert-OH is 1. The van der Waals surface area contributed by atoms with E-state index in [1.54, 1.807) is 24.3 Å². The number of ether oxygens (including phenoxy) is 1. The van der Waals surface area contributed by atoms with Crippen LogP contribution in [0.4, 0.5) is 0 Å². The van der Waals surface area contributed by atoms with Crippen LogP contribution in [0, 0.1) is 5.92 Å². The van der Waals surface area contributed by atoms with E-state index in [1.807, 2.05) is 13.8 Å². The summed E-state index contributed by atoms with van der Waals surface area (Å²) in [4.78, 5) is 23.9. The van der Waals surface area contributed by atoms with Crippen molar-refractivity contribution in [2.24, 2.45) is 5.92 Å². The van der Waals surface area contributed by atoms with Crippen LogP contribution in [0.5, 0.6) is 5.75 Å². The molecular formula is C16H18O4. The van der Waals surface area contributed by atoms with Crippen molar-refractivity contribution in [3.63, 3.8) is 0 Å². The zero-order chi connectivity index (χ0) is 14.7. The first-order valence-electron chi connectivity index (χ1n) is 6.75. The summed E-state index contributed by atoms with van der Waals surface area (Å²) in [6, 6.07) is 6.70. The Hall–Kier alpha value is -2.10. The molecule has 4 heteroatoms. The third-order valence-corrected chi connectivity index (χ3v) is 3.30. The van der Waals surface area contributed by atoms with E-state index in [9.17, 15) is 14.7 Å². The number of aliphatic hydroxyl groups is 1. The second kappa shape index (κ2) is 5.90. The van der Waals surface area contributed by atoms with Gasteiger partial charge in [0, 0.05) is 18.4 Å². The van der Waals surface area contributed by atoms with Crippen LogP contribution < -0.4 is 4.74 Å². The number of Topliss-reactive ketones (excluding diaryl/α,β-unsaturated/α-hetero) is 2. The van der Waals surface area contributed by atoms with Crippen molar-refractivity contribution < 1.29 is 19.4 Å². The van der Waals surface area contributed by atoms with Crippen molar-refractivity contribution in [2.45, 2.75) is 26.7 Å². The van der Waals surface area contributed by atoms with Crippen LogP contribution in [0.3, 0.4) is 0 Å². The number of hydrogen-bond donors (Lipinski definition) is 1. The number of hydrogen-bond acceptors (Lipinski definition) is 4. The normalized spacial score (nSPS) is 19.1. The first-order chi connectivity index (χ1) is 9.52. The Bertz CT molecular complexity index is 534. The van der Waals surface area contributed by atoms with Crippen molar-refractivity contribution in [3.8, 4) is 5.75 Å². The molecule has 106 valence electrons.